The molecule has 1 heterocycles. The highest BCUT2D eigenvalue weighted by Gasteiger charge is 2.05. The average Bonchev–Trinajstić information content (AvgIpc) is 3.03. The summed E-state index contributed by atoms with van der Waals surface area (Å²) in [4.78, 5) is 0. The van der Waals surface area contributed by atoms with E-state index in [1.807, 2.05) is 24.3 Å². The largest absolute Gasteiger partial charge is 0.212 e. The molecule has 8 heteroatoms. The van der Waals surface area contributed by atoms with Crippen LogP contribution >= 0.6 is 23.4 Å². The van der Waals surface area contributed by atoms with Crippen LogP contribution in [-0.4, -0.2) is 21.1 Å². The molecule has 0 fully saturated rings. The fraction of sp³-hybridized carbons (Fsp3) is 0.0625. The predicted molar refractivity (Wildman–Crippen MR) is 90.4 cm³/mol. The highest BCUT2D eigenvalue weighted by atomic mass is 35.5. The fourth-order valence-electron chi connectivity index (χ4n) is 1.84. The van der Waals surface area contributed by atoms with E-state index in [4.69, 9.17) is 11.6 Å². The van der Waals surface area contributed by atoms with Gasteiger partial charge in [0.05, 0.1) is 6.21 Å². The van der Waals surface area contributed by atoms with Gasteiger partial charge in [0.25, 0.3) is 0 Å². The second-order valence-electron chi connectivity index (χ2n) is 4.79. The van der Waals surface area contributed by atoms with Crippen LogP contribution < -0.4 is 0 Å². The molecule has 0 aliphatic heterocycles. The minimum atomic E-state index is -0.917. The summed E-state index contributed by atoms with van der Waals surface area (Å²) in [6.45, 7) is 0. The summed E-state index contributed by atoms with van der Waals surface area (Å²) >= 11 is 7.31. The van der Waals surface area contributed by atoms with E-state index < -0.39 is 11.6 Å². The van der Waals surface area contributed by atoms with E-state index in [-0.39, 0.29) is 0 Å². The first-order valence-electron chi connectivity index (χ1n) is 6.88. The molecule has 0 atom stereocenters. The topological polar surface area (TPSA) is 43.1 Å². The molecule has 2 aromatic carbocycles. The molecule has 0 spiro atoms. The summed E-state index contributed by atoms with van der Waals surface area (Å²) in [5.41, 5.74) is 1.53. The van der Waals surface area contributed by atoms with Crippen molar-refractivity contribution >= 4 is 29.6 Å². The molecule has 0 bridgehead atoms. The molecule has 0 amide bonds. The normalized spacial score (nSPS) is 11.3. The van der Waals surface area contributed by atoms with E-state index in [0.29, 0.717) is 21.5 Å². The van der Waals surface area contributed by atoms with Gasteiger partial charge in [-0.05, 0) is 35.4 Å². The summed E-state index contributed by atoms with van der Waals surface area (Å²) in [6.07, 6.45) is 2.86. The third kappa shape index (κ3) is 4.18. The number of hydrogen-bond donors (Lipinski definition) is 0. The number of benzene rings is 2. The highest BCUT2D eigenvalue weighted by molar-refractivity contribution is 7.98. The molecule has 122 valence electrons. The molecule has 24 heavy (non-hydrogen) atoms. The predicted octanol–water partition coefficient (Wildman–Crippen LogP) is 4.38. The van der Waals surface area contributed by atoms with Gasteiger partial charge in [0.1, 0.15) is 6.33 Å². The maximum atomic E-state index is 13.2. The van der Waals surface area contributed by atoms with E-state index in [9.17, 15) is 8.78 Å². The van der Waals surface area contributed by atoms with E-state index in [2.05, 4.69) is 15.3 Å². The van der Waals surface area contributed by atoms with Crippen molar-refractivity contribution in [3.63, 3.8) is 0 Å². The Balaban J connectivity index is 1.69. The van der Waals surface area contributed by atoms with Crippen LogP contribution in [0.3, 0.4) is 0 Å². The summed E-state index contributed by atoms with van der Waals surface area (Å²) in [5.74, 6) is -1.13. The molecule has 0 radical (unpaired) electrons. The molecule has 1 aromatic heterocycles. The Labute approximate surface area is 146 Å². The molecule has 0 saturated carbocycles. The van der Waals surface area contributed by atoms with Gasteiger partial charge in [-0.3, -0.25) is 0 Å². The first-order chi connectivity index (χ1) is 11.6. The van der Waals surface area contributed by atoms with Crippen LogP contribution in [-0.2, 0) is 5.75 Å². The second kappa shape index (κ2) is 7.55. The molecule has 0 unspecified atom stereocenters. The summed E-state index contributed by atoms with van der Waals surface area (Å²) < 4.78 is 27.6. The van der Waals surface area contributed by atoms with Gasteiger partial charge < -0.3 is 0 Å². The lowest BCUT2D eigenvalue weighted by atomic mass is 10.2. The van der Waals surface area contributed by atoms with Gasteiger partial charge in [-0.15, -0.1) is 10.2 Å². The van der Waals surface area contributed by atoms with E-state index >= 15 is 0 Å². The number of nitrogens with zero attached hydrogens (tertiary/aromatic N) is 4. The standard InChI is InChI=1S/C16H11ClF2N4S/c17-13-4-1-11(2-5-13)9-24-16-22-20-10-23(16)21-8-12-3-6-14(18)15(19)7-12/h1-8,10H,9H2/b21-8-. The van der Waals surface area contributed by atoms with Crippen molar-refractivity contribution in [3.05, 3.63) is 76.6 Å². The zero-order valence-corrected chi connectivity index (χ0v) is 13.8. The average molecular weight is 365 g/mol. The number of rotatable bonds is 5. The Kier molecular flexibility index (Phi) is 5.22. The van der Waals surface area contributed by atoms with Gasteiger partial charge in [-0.1, -0.05) is 41.6 Å². The Morgan fingerprint density at radius 2 is 1.92 bits per heavy atom. The summed E-state index contributed by atoms with van der Waals surface area (Å²) in [6, 6.07) is 11.1. The Bertz CT molecular complexity index is 865. The highest BCUT2D eigenvalue weighted by Crippen LogP contribution is 2.21. The molecule has 0 aliphatic rings. The first-order valence-corrected chi connectivity index (χ1v) is 8.25. The molecule has 3 rings (SSSR count). The third-order valence-corrected chi connectivity index (χ3v) is 4.31. The molecule has 0 aliphatic carbocycles. The monoisotopic (exact) mass is 364 g/mol. The van der Waals surface area contributed by atoms with Crippen LogP contribution in [0.5, 0.6) is 0 Å². The minimum Gasteiger partial charge on any atom is -0.204 e. The Morgan fingerprint density at radius 1 is 1.12 bits per heavy atom. The molecule has 0 N–H and O–H groups in total. The van der Waals surface area contributed by atoms with Gasteiger partial charge in [0.15, 0.2) is 11.6 Å². The molecule has 4 nitrogen and oxygen atoms in total. The van der Waals surface area contributed by atoms with Crippen LogP contribution in [0.25, 0.3) is 0 Å². The van der Waals surface area contributed by atoms with Gasteiger partial charge >= 0.3 is 0 Å². The molecular weight excluding hydrogens is 354 g/mol. The van der Waals surface area contributed by atoms with E-state index in [1.165, 1.54) is 35.0 Å². The van der Waals surface area contributed by atoms with Crippen molar-refractivity contribution in [2.75, 3.05) is 0 Å². The summed E-state index contributed by atoms with van der Waals surface area (Å²) in [5, 5.41) is 13.2. The number of halogens is 3. The van der Waals surface area contributed by atoms with Crippen molar-refractivity contribution in [2.45, 2.75) is 10.9 Å². The SMILES string of the molecule is Fc1ccc(/C=N\n2cnnc2SCc2ccc(Cl)cc2)cc1F. The zero-order chi connectivity index (χ0) is 16.9. The van der Waals surface area contributed by atoms with Gasteiger partial charge in [0, 0.05) is 10.8 Å². The summed E-state index contributed by atoms with van der Waals surface area (Å²) in [7, 11) is 0. The van der Waals surface area contributed by atoms with Crippen molar-refractivity contribution in [2.24, 2.45) is 5.10 Å². The zero-order valence-electron chi connectivity index (χ0n) is 12.2. The van der Waals surface area contributed by atoms with Crippen molar-refractivity contribution in [1.82, 2.24) is 14.9 Å². The quantitative estimate of drug-likeness (QED) is 0.498. The van der Waals surface area contributed by atoms with Crippen LogP contribution in [0, 0.1) is 11.6 Å². The molecule has 3 aromatic rings. The van der Waals surface area contributed by atoms with Gasteiger partial charge in [0.2, 0.25) is 5.16 Å². The van der Waals surface area contributed by atoms with Crippen molar-refractivity contribution in [1.29, 1.82) is 0 Å². The lowest BCUT2D eigenvalue weighted by Gasteiger charge is -2.02. The van der Waals surface area contributed by atoms with E-state index in [0.717, 1.165) is 17.7 Å². The first kappa shape index (κ1) is 16.6. The van der Waals surface area contributed by atoms with E-state index in [1.54, 1.807) is 0 Å². The van der Waals surface area contributed by atoms with Crippen LogP contribution in [0.4, 0.5) is 8.78 Å². The van der Waals surface area contributed by atoms with Crippen molar-refractivity contribution < 1.29 is 8.78 Å². The minimum absolute atomic E-state index is 0.441. The Morgan fingerprint density at radius 3 is 2.67 bits per heavy atom. The Hall–Kier alpha value is -2.25. The number of hydrogen-bond acceptors (Lipinski definition) is 4. The second-order valence-corrected chi connectivity index (χ2v) is 6.17. The molecular formula is C16H11ClF2N4S. The van der Waals surface area contributed by atoms with Gasteiger partial charge in [-0.2, -0.15) is 9.78 Å². The third-order valence-electron chi connectivity index (χ3n) is 3.06. The number of thioether (sulfide) groups is 1. The van der Waals surface area contributed by atoms with Crippen LogP contribution in [0.2, 0.25) is 5.02 Å². The lowest BCUT2D eigenvalue weighted by molar-refractivity contribution is 0.508. The number of aromatic nitrogens is 3. The van der Waals surface area contributed by atoms with Crippen LogP contribution in [0.15, 0.2) is 59.0 Å². The fourth-order valence-corrected chi connectivity index (χ4v) is 2.79. The molecule has 0 saturated heterocycles. The smallest absolute Gasteiger partial charge is 0.204 e. The maximum Gasteiger partial charge on any atom is 0.212 e. The maximum absolute atomic E-state index is 13.2. The van der Waals surface area contributed by atoms with Gasteiger partial charge in [-0.25, -0.2) is 8.78 Å². The van der Waals surface area contributed by atoms with Crippen molar-refractivity contribution in [3.8, 4) is 0 Å². The van der Waals surface area contributed by atoms with Crippen LogP contribution in [0.1, 0.15) is 11.1 Å². The lowest BCUT2D eigenvalue weighted by Crippen LogP contribution is -1.94.